The first-order valence-corrected chi connectivity index (χ1v) is 9.93. The Morgan fingerprint density at radius 2 is 1.94 bits per heavy atom. The number of carbonyl (C=O) groups excluding carboxylic acids is 1. The molecule has 2 atom stereocenters. The highest BCUT2D eigenvalue weighted by molar-refractivity contribution is 8.08. The maximum absolute atomic E-state index is 11.5. The van der Waals surface area contributed by atoms with Gasteiger partial charge in [0.05, 0.1) is 5.75 Å². The van der Waals surface area contributed by atoms with Gasteiger partial charge in [-0.25, -0.2) is 0 Å². The average molecular weight is 327 g/mol. The molecule has 1 rings (SSSR count). The largest absolute Gasteiger partial charge is 0.459 e. The van der Waals surface area contributed by atoms with Crippen molar-refractivity contribution in [2.24, 2.45) is 0 Å². The van der Waals surface area contributed by atoms with Crippen LogP contribution in [0.4, 0.5) is 0 Å². The number of ether oxygens (including phenoxy) is 1. The van der Waals surface area contributed by atoms with Crippen LogP contribution >= 0.6 is 47.9 Å². The van der Waals surface area contributed by atoms with Gasteiger partial charge >= 0.3 is 5.97 Å². The van der Waals surface area contributed by atoms with Gasteiger partial charge < -0.3 is 4.74 Å². The Bertz CT molecular complexity index is 257. The van der Waals surface area contributed by atoms with Gasteiger partial charge in [-0.05, 0) is 20.8 Å². The lowest BCUT2D eigenvalue weighted by atomic mass is 10.2. The summed E-state index contributed by atoms with van der Waals surface area (Å²) in [5.41, 5.74) is -0.368. The summed E-state index contributed by atoms with van der Waals surface area (Å²) in [5.74, 6) is 4.73. The number of esters is 1. The Labute approximate surface area is 129 Å². The van der Waals surface area contributed by atoms with E-state index in [9.17, 15) is 4.79 Å². The zero-order valence-corrected chi connectivity index (χ0v) is 14.5. The molecule has 0 aromatic rings. The van der Waals surface area contributed by atoms with Crippen molar-refractivity contribution in [1.82, 2.24) is 0 Å². The SMILES string of the molecule is CC(C)(C)OC(=O)CSCC1CSC(CS)CS1. The van der Waals surface area contributed by atoms with Gasteiger partial charge in [-0.15, -0.1) is 11.8 Å². The molecule has 1 saturated heterocycles. The number of hydrogen-bond acceptors (Lipinski definition) is 6. The lowest BCUT2D eigenvalue weighted by molar-refractivity contribution is -0.151. The molecule has 2 nitrogen and oxygen atoms in total. The van der Waals surface area contributed by atoms with Crippen LogP contribution in [0.3, 0.4) is 0 Å². The lowest BCUT2D eigenvalue weighted by Gasteiger charge is -2.26. The molecule has 1 aliphatic rings. The first-order valence-electron chi connectivity index (χ1n) is 6.04. The molecule has 0 saturated carbocycles. The quantitative estimate of drug-likeness (QED) is 0.618. The van der Waals surface area contributed by atoms with E-state index in [4.69, 9.17) is 4.74 Å². The molecular formula is C12H22O2S4. The second-order valence-electron chi connectivity index (χ2n) is 5.19. The number of rotatable bonds is 5. The minimum Gasteiger partial charge on any atom is -0.459 e. The summed E-state index contributed by atoms with van der Waals surface area (Å²) >= 11 is 10.1. The number of hydrogen-bond donors (Lipinski definition) is 1. The van der Waals surface area contributed by atoms with Gasteiger partial charge in [0, 0.05) is 33.5 Å². The minimum absolute atomic E-state index is 0.103. The molecule has 1 fully saturated rings. The molecule has 106 valence electrons. The van der Waals surface area contributed by atoms with Crippen molar-refractivity contribution in [2.75, 3.05) is 28.8 Å². The summed E-state index contributed by atoms with van der Waals surface area (Å²) in [4.78, 5) is 11.5. The fourth-order valence-corrected chi connectivity index (χ4v) is 6.15. The summed E-state index contributed by atoms with van der Waals surface area (Å²) in [6.45, 7) is 5.71. The third kappa shape index (κ3) is 7.46. The van der Waals surface area contributed by atoms with E-state index in [1.165, 1.54) is 11.5 Å². The average Bonchev–Trinajstić information content (AvgIpc) is 2.27. The maximum atomic E-state index is 11.5. The molecular weight excluding hydrogens is 304 g/mol. The van der Waals surface area contributed by atoms with Crippen LogP contribution in [0.2, 0.25) is 0 Å². The van der Waals surface area contributed by atoms with Crippen LogP contribution in [0.1, 0.15) is 20.8 Å². The third-order valence-electron chi connectivity index (χ3n) is 2.18. The van der Waals surface area contributed by atoms with Crippen molar-refractivity contribution in [3.8, 4) is 0 Å². The van der Waals surface area contributed by atoms with Crippen molar-refractivity contribution in [1.29, 1.82) is 0 Å². The first kappa shape index (κ1) is 16.9. The van der Waals surface area contributed by atoms with Crippen molar-refractivity contribution < 1.29 is 9.53 Å². The molecule has 2 unspecified atom stereocenters. The van der Waals surface area contributed by atoms with Gasteiger partial charge in [-0.3, -0.25) is 4.79 Å². The molecule has 0 aromatic carbocycles. The fourth-order valence-electron chi connectivity index (χ4n) is 1.43. The Balaban J connectivity index is 2.10. The summed E-state index contributed by atoms with van der Waals surface area (Å²) in [6, 6.07) is 0. The highest BCUT2D eigenvalue weighted by atomic mass is 32.2. The zero-order valence-electron chi connectivity index (χ0n) is 11.2. The van der Waals surface area contributed by atoms with Crippen LogP contribution in [0.25, 0.3) is 0 Å². The van der Waals surface area contributed by atoms with Crippen LogP contribution in [0.15, 0.2) is 0 Å². The van der Waals surface area contributed by atoms with Crippen molar-refractivity contribution in [2.45, 2.75) is 36.9 Å². The number of thiol groups is 1. The van der Waals surface area contributed by atoms with E-state index in [1.807, 2.05) is 44.3 Å². The molecule has 0 aromatic heterocycles. The smallest absolute Gasteiger partial charge is 0.316 e. The van der Waals surface area contributed by atoms with Gasteiger partial charge in [0.2, 0.25) is 0 Å². The van der Waals surface area contributed by atoms with E-state index in [2.05, 4.69) is 12.6 Å². The number of thioether (sulfide) groups is 3. The molecule has 0 N–H and O–H groups in total. The second kappa shape index (κ2) is 8.22. The topological polar surface area (TPSA) is 26.3 Å². The van der Waals surface area contributed by atoms with E-state index in [1.54, 1.807) is 11.8 Å². The molecule has 1 heterocycles. The summed E-state index contributed by atoms with van der Waals surface area (Å²) in [5, 5.41) is 1.36. The van der Waals surface area contributed by atoms with E-state index in [0.29, 0.717) is 16.3 Å². The molecule has 1 aliphatic heterocycles. The van der Waals surface area contributed by atoms with Crippen LogP contribution < -0.4 is 0 Å². The van der Waals surface area contributed by atoms with Gasteiger partial charge in [0.25, 0.3) is 0 Å². The van der Waals surface area contributed by atoms with Crippen LogP contribution in [0.5, 0.6) is 0 Å². The van der Waals surface area contributed by atoms with Crippen LogP contribution in [-0.2, 0) is 9.53 Å². The van der Waals surface area contributed by atoms with E-state index >= 15 is 0 Å². The normalized spacial score (nSPS) is 24.9. The summed E-state index contributed by atoms with van der Waals surface area (Å²) in [6.07, 6.45) is 0. The Morgan fingerprint density at radius 1 is 1.33 bits per heavy atom. The van der Waals surface area contributed by atoms with Crippen molar-refractivity contribution >= 4 is 53.9 Å². The molecule has 0 bridgehead atoms. The van der Waals surface area contributed by atoms with E-state index in [-0.39, 0.29) is 11.6 Å². The molecule has 0 radical (unpaired) electrons. The highest BCUT2D eigenvalue weighted by Gasteiger charge is 2.22. The summed E-state index contributed by atoms with van der Waals surface area (Å²) < 4.78 is 5.28. The van der Waals surface area contributed by atoms with Crippen LogP contribution in [-0.4, -0.2) is 50.8 Å². The van der Waals surface area contributed by atoms with Gasteiger partial charge in [0.15, 0.2) is 0 Å². The minimum atomic E-state index is -0.368. The van der Waals surface area contributed by atoms with Gasteiger partial charge in [0.1, 0.15) is 5.60 Å². The van der Waals surface area contributed by atoms with E-state index in [0.717, 1.165) is 11.5 Å². The Kier molecular flexibility index (Phi) is 7.73. The van der Waals surface area contributed by atoms with Crippen molar-refractivity contribution in [3.63, 3.8) is 0 Å². The molecule has 0 amide bonds. The monoisotopic (exact) mass is 326 g/mol. The molecule has 0 aliphatic carbocycles. The second-order valence-corrected chi connectivity index (χ2v) is 9.26. The fraction of sp³-hybridized carbons (Fsp3) is 0.917. The van der Waals surface area contributed by atoms with Crippen molar-refractivity contribution in [3.05, 3.63) is 0 Å². The highest BCUT2D eigenvalue weighted by Crippen LogP contribution is 2.32. The third-order valence-corrected chi connectivity index (χ3v) is 7.38. The zero-order chi connectivity index (χ0) is 13.6. The maximum Gasteiger partial charge on any atom is 0.316 e. The predicted octanol–water partition coefficient (Wildman–Crippen LogP) is 3.21. The van der Waals surface area contributed by atoms with Crippen LogP contribution in [0, 0.1) is 0 Å². The first-order chi connectivity index (χ1) is 8.40. The standard InChI is InChI=1S/C12H22O2S4/c1-12(2,3)14-11(13)8-16-5-10-7-17-9(4-15)6-18-10/h9-10,15H,4-8H2,1-3H3. The molecule has 6 heteroatoms. The predicted molar refractivity (Wildman–Crippen MR) is 89.5 cm³/mol. The molecule has 18 heavy (non-hydrogen) atoms. The van der Waals surface area contributed by atoms with Gasteiger partial charge in [-0.1, -0.05) is 0 Å². The molecule has 0 spiro atoms. The van der Waals surface area contributed by atoms with E-state index < -0.39 is 0 Å². The number of carbonyl (C=O) groups is 1. The Hall–Kier alpha value is 0.870. The van der Waals surface area contributed by atoms with Gasteiger partial charge in [-0.2, -0.15) is 36.2 Å². The Morgan fingerprint density at radius 3 is 2.44 bits per heavy atom. The summed E-state index contributed by atoms with van der Waals surface area (Å²) in [7, 11) is 0. The lowest BCUT2D eigenvalue weighted by Crippen LogP contribution is -2.26.